The van der Waals surface area contributed by atoms with Gasteiger partial charge >= 0.3 is 0 Å². The normalized spacial score (nSPS) is 10.7. The lowest BCUT2D eigenvalue weighted by Crippen LogP contribution is -1.92. The minimum atomic E-state index is -0.563. The van der Waals surface area contributed by atoms with Crippen LogP contribution in [0.2, 0.25) is 10.0 Å². The number of ether oxygens (including phenoxy) is 1. The van der Waals surface area contributed by atoms with Gasteiger partial charge in [-0.25, -0.2) is 0 Å². The Hall–Kier alpha value is -2.37. The highest BCUT2D eigenvalue weighted by atomic mass is 35.5. The summed E-state index contributed by atoms with van der Waals surface area (Å²) in [5.74, 6) is 0.696. The predicted octanol–water partition coefficient (Wildman–Crippen LogP) is 5.55. The summed E-state index contributed by atoms with van der Waals surface area (Å²) < 4.78 is 5.71. The average molecular weight is 349 g/mol. The number of nitro benzene ring substituents is 1. The molecule has 0 fully saturated rings. The zero-order valence-corrected chi connectivity index (χ0v) is 13.4. The topological polar surface area (TPSA) is 65.3 Å². The second-order valence-electron chi connectivity index (χ2n) is 4.96. The standard InChI is InChI=1S/C16H10Cl2N2O3/c1-9-4-10-5-12(2-3-15(10)19-8-9)23-16-13(17)6-11(20(21)22)7-14(16)18/h2-8H,1H3. The van der Waals surface area contributed by atoms with Gasteiger partial charge in [-0.05, 0) is 36.8 Å². The van der Waals surface area contributed by atoms with E-state index in [0.717, 1.165) is 16.5 Å². The van der Waals surface area contributed by atoms with Crippen molar-refractivity contribution in [2.24, 2.45) is 0 Å². The summed E-state index contributed by atoms with van der Waals surface area (Å²) in [4.78, 5) is 14.5. The molecule has 0 saturated carbocycles. The summed E-state index contributed by atoms with van der Waals surface area (Å²) in [5.41, 5.74) is 1.68. The number of non-ortho nitro benzene ring substituents is 1. The van der Waals surface area contributed by atoms with Gasteiger partial charge in [0.1, 0.15) is 5.75 Å². The minimum absolute atomic E-state index is 0.0756. The van der Waals surface area contributed by atoms with E-state index in [9.17, 15) is 10.1 Å². The van der Waals surface area contributed by atoms with Gasteiger partial charge in [-0.15, -0.1) is 0 Å². The molecular formula is C16H10Cl2N2O3. The van der Waals surface area contributed by atoms with E-state index in [4.69, 9.17) is 27.9 Å². The minimum Gasteiger partial charge on any atom is -0.454 e. The van der Waals surface area contributed by atoms with Gasteiger partial charge in [-0.2, -0.15) is 0 Å². The molecule has 2 aromatic carbocycles. The first-order valence-electron chi connectivity index (χ1n) is 6.62. The van der Waals surface area contributed by atoms with E-state index in [1.165, 1.54) is 12.1 Å². The number of hydrogen-bond donors (Lipinski definition) is 0. The molecule has 0 aliphatic rings. The predicted molar refractivity (Wildman–Crippen MR) is 89.7 cm³/mol. The lowest BCUT2D eigenvalue weighted by Gasteiger charge is -2.10. The maximum absolute atomic E-state index is 10.8. The molecule has 7 heteroatoms. The third kappa shape index (κ3) is 3.21. The highest BCUT2D eigenvalue weighted by Crippen LogP contribution is 2.39. The zero-order valence-electron chi connectivity index (χ0n) is 11.9. The molecule has 1 heterocycles. The van der Waals surface area contributed by atoms with Crippen molar-refractivity contribution in [1.29, 1.82) is 0 Å². The monoisotopic (exact) mass is 348 g/mol. The number of rotatable bonds is 3. The smallest absolute Gasteiger partial charge is 0.272 e. The number of aromatic nitrogens is 1. The third-order valence-electron chi connectivity index (χ3n) is 3.20. The van der Waals surface area contributed by atoms with E-state index in [1.807, 2.05) is 25.1 Å². The van der Waals surface area contributed by atoms with Gasteiger partial charge in [-0.3, -0.25) is 15.1 Å². The van der Waals surface area contributed by atoms with Gasteiger partial charge in [0.15, 0.2) is 5.75 Å². The van der Waals surface area contributed by atoms with Crippen LogP contribution in [0, 0.1) is 17.0 Å². The summed E-state index contributed by atoms with van der Waals surface area (Å²) in [6.45, 7) is 1.95. The molecule has 0 unspecified atom stereocenters. The van der Waals surface area contributed by atoms with Crippen LogP contribution in [-0.4, -0.2) is 9.91 Å². The number of halogens is 2. The SMILES string of the molecule is Cc1cnc2ccc(Oc3c(Cl)cc([N+](=O)[O-])cc3Cl)cc2c1. The molecule has 5 nitrogen and oxygen atoms in total. The van der Waals surface area contributed by atoms with Crippen LogP contribution in [0.15, 0.2) is 42.6 Å². The molecule has 1 aromatic heterocycles. The molecule has 0 radical (unpaired) electrons. The summed E-state index contributed by atoms with van der Waals surface area (Å²) in [6.07, 6.45) is 1.78. The number of hydrogen-bond acceptors (Lipinski definition) is 4. The highest BCUT2D eigenvalue weighted by molar-refractivity contribution is 6.37. The van der Waals surface area contributed by atoms with Gasteiger partial charge in [0.05, 0.1) is 20.5 Å². The van der Waals surface area contributed by atoms with Crippen molar-refractivity contribution in [2.45, 2.75) is 6.92 Å². The molecule has 0 N–H and O–H groups in total. The van der Waals surface area contributed by atoms with Gasteiger partial charge < -0.3 is 4.74 Å². The van der Waals surface area contributed by atoms with E-state index in [0.29, 0.717) is 5.75 Å². The lowest BCUT2D eigenvalue weighted by molar-refractivity contribution is -0.384. The van der Waals surface area contributed by atoms with Crippen molar-refractivity contribution in [1.82, 2.24) is 4.98 Å². The molecule has 3 rings (SSSR count). The number of fused-ring (bicyclic) bond motifs is 1. The van der Waals surface area contributed by atoms with Crippen molar-refractivity contribution in [3.8, 4) is 11.5 Å². The average Bonchev–Trinajstić information content (AvgIpc) is 2.50. The molecule has 3 aromatic rings. The van der Waals surface area contributed by atoms with Crippen molar-refractivity contribution < 1.29 is 9.66 Å². The van der Waals surface area contributed by atoms with E-state index >= 15 is 0 Å². The molecular weight excluding hydrogens is 339 g/mol. The molecule has 0 spiro atoms. The van der Waals surface area contributed by atoms with Crippen LogP contribution in [0.1, 0.15) is 5.56 Å². The first kappa shape index (κ1) is 15.5. The maximum atomic E-state index is 10.8. The quantitative estimate of drug-likeness (QED) is 0.459. The molecule has 116 valence electrons. The number of nitrogens with zero attached hydrogens (tertiary/aromatic N) is 2. The molecule has 0 aliphatic carbocycles. The van der Waals surface area contributed by atoms with Crippen molar-refractivity contribution in [2.75, 3.05) is 0 Å². The van der Waals surface area contributed by atoms with Crippen molar-refractivity contribution >= 4 is 39.8 Å². The van der Waals surface area contributed by atoms with Crippen LogP contribution in [-0.2, 0) is 0 Å². The van der Waals surface area contributed by atoms with Gasteiger partial charge in [-0.1, -0.05) is 23.2 Å². The Labute approximate surface area is 141 Å². The molecule has 0 bridgehead atoms. The molecule has 0 amide bonds. The summed E-state index contributed by atoms with van der Waals surface area (Å²) >= 11 is 12.1. The summed E-state index contributed by atoms with van der Waals surface area (Å²) in [6, 6.07) is 9.75. The van der Waals surface area contributed by atoms with Crippen molar-refractivity contribution in [3.05, 3.63) is 68.3 Å². The Kier molecular flexibility index (Phi) is 4.07. The fourth-order valence-electron chi connectivity index (χ4n) is 2.15. The zero-order chi connectivity index (χ0) is 16.6. The molecule has 0 atom stereocenters. The first-order chi connectivity index (χ1) is 10.9. The fraction of sp³-hybridized carbons (Fsp3) is 0.0625. The number of nitro groups is 1. The molecule has 0 saturated heterocycles. The van der Waals surface area contributed by atoms with Crippen LogP contribution < -0.4 is 4.74 Å². The summed E-state index contributed by atoms with van der Waals surface area (Å²) in [5, 5.41) is 11.9. The molecule has 23 heavy (non-hydrogen) atoms. The third-order valence-corrected chi connectivity index (χ3v) is 3.76. The van der Waals surface area contributed by atoms with Crippen LogP contribution in [0.25, 0.3) is 10.9 Å². The van der Waals surface area contributed by atoms with E-state index in [2.05, 4.69) is 4.98 Å². The van der Waals surface area contributed by atoms with Crippen LogP contribution in [0.3, 0.4) is 0 Å². The Bertz CT molecular complexity index is 905. The second kappa shape index (κ2) is 6.02. The van der Waals surface area contributed by atoms with Crippen LogP contribution in [0.4, 0.5) is 5.69 Å². The van der Waals surface area contributed by atoms with E-state index in [-0.39, 0.29) is 21.5 Å². The maximum Gasteiger partial charge on any atom is 0.272 e. The Morgan fingerprint density at radius 2 is 1.83 bits per heavy atom. The van der Waals surface area contributed by atoms with Gasteiger partial charge in [0.2, 0.25) is 0 Å². The highest BCUT2D eigenvalue weighted by Gasteiger charge is 2.16. The van der Waals surface area contributed by atoms with Crippen LogP contribution in [0.5, 0.6) is 11.5 Å². The lowest BCUT2D eigenvalue weighted by atomic mass is 10.1. The molecule has 0 aliphatic heterocycles. The first-order valence-corrected chi connectivity index (χ1v) is 7.37. The number of aryl methyl sites for hydroxylation is 1. The number of benzene rings is 2. The summed E-state index contributed by atoms with van der Waals surface area (Å²) in [7, 11) is 0. The van der Waals surface area contributed by atoms with E-state index in [1.54, 1.807) is 12.3 Å². The van der Waals surface area contributed by atoms with E-state index < -0.39 is 4.92 Å². The Balaban J connectivity index is 2.00. The van der Waals surface area contributed by atoms with Gasteiger partial charge in [0.25, 0.3) is 5.69 Å². The van der Waals surface area contributed by atoms with Crippen LogP contribution >= 0.6 is 23.2 Å². The fourth-order valence-corrected chi connectivity index (χ4v) is 2.70. The Morgan fingerprint density at radius 3 is 2.48 bits per heavy atom. The Morgan fingerprint density at radius 1 is 1.13 bits per heavy atom. The largest absolute Gasteiger partial charge is 0.454 e. The number of pyridine rings is 1. The second-order valence-corrected chi connectivity index (χ2v) is 5.78. The van der Waals surface area contributed by atoms with Crippen molar-refractivity contribution in [3.63, 3.8) is 0 Å². The van der Waals surface area contributed by atoms with Gasteiger partial charge in [0, 0.05) is 23.7 Å².